The van der Waals surface area contributed by atoms with Crippen LogP contribution in [0.1, 0.15) is 25.3 Å². The Morgan fingerprint density at radius 2 is 2.00 bits per heavy atom. The normalized spacial score (nSPS) is 14.7. The average Bonchev–Trinajstić information content (AvgIpc) is 2.35. The Labute approximate surface area is 102 Å². The minimum atomic E-state index is -0.598. The molecule has 0 fully saturated rings. The van der Waals surface area contributed by atoms with Crippen LogP contribution < -0.4 is 5.73 Å². The van der Waals surface area contributed by atoms with E-state index in [2.05, 4.69) is 6.92 Å². The smallest absolute Gasteiger partial charge is 0.0735 e. The van der Waals surface area contributed by atoms with Gasteiger partial charge >= 0.3 is 0 Å². The molecule has 0 bridgehead atoms. The topological polar surface area (TPSA) is 46.2 Å². The van der Waals surface area contributed by atoms with Crippen LogP contribution in [0.4, 0.5) is 0 Å². The summed E-state index contributed by atoms with van der Waals surface area (Å²) >= 11 is 1.82. The Morgan fingerprint density at radius 1 is 1.31 bits per heavy atom. The van der Waals surface area contributed by atoms with Crippen molar-refractivity contribution in [2.45, 2.75) is 25.3 Å². The maximum Gasteiger partial charge on any atom is 0.0735 e. The molecule has 0 saturated heterocycles. The van der Waals surface area contributed by atoms with Gasteiger partial charge in [0.2, 0.25) is 0 Å². The maximum absolute atomic E-state index is 9.46. The second-order valence-electron chi connectivity index (χ2n) is 4.09. The molecule has 16 heavy (non-hydrogen) atoms. The Balaban J connectivity index is 2.56. The number of nitrogens with two attached hydrogens (primary N) is 1. The second-order valence-corrected chi connectivity index (χ2v) is 5.19. The van der Waals surface area contributed by atoms with Gasteiger partial charge in [-0.15, -0.1) is 0 Å². The first kappa shape index (κ1) is 13.6. The zero-order valence-corrected chi connectivity index (χ0v) is 10.7. The number of benzene rings is 1. The summed E-state index contributed by atoms with van der Waals surface area (Å²) in [5.74, 6) is 1.88. The molecule has 0 aliphatic carbocycles. The third-order valence-corrected chi connectivity index (χ3v) is 3.93. The summed E-state index contributed by atoms with van der Waals surface area (Å²) in [5.41, 5.74) is 6.65. The van der Waals surface area contributed by atoms with Crippen LogP contribution in [0.25, 0.3) is 0 Å². The van der Waals surface area contributed by atoms with Crippen LogP contribution in [0.3, 0.4) is 0 Å². The van der Waals surface area contributed by atoms with E-state index in [-0.39, 0.29) is 6.61 Å². The second kappa shape index (κ2) is 6.94. The molecular weight excluding hydrogens is 218 g/mol. The van der Waals surface area contributed by atoms with E-state index >= 15 is 0 Å². The Bertz CT molecular complexity index is 291. The van der Waals surface area contributed by atoms with Crippen molar-refractivity contribution in [1.29, 1.82) is 0 Å². The van der Waals surface area contributed by atoms with Crippen molar-refractivity contribution in [1.82, 2.24) is 0 Å². The maximum atomic E-state index is 9.46. The van der Waals surface area contributed by atoms with Crippen LogP contribution in [0.5, 0.6) is 0 Å². The van der Waals surface area contributed by atoms with Crippen molar-refractivity contribution in [3.05, 3.63) is 35.9 Å². The average molecular weight is 239 g/mol. The van der Waals surface area contributed by atoms with Crippen molar-refractivity contribution in [2.75, 3.05) is 18.1 Å². The third-order valence-electron chi connectivity index (χ3n) is 2.63. The summed E-state index contributed by atoms with van der Waals surface area (Å²) in [6.07, 6.45) is 2.41. The van der Waals surface area contributed by atoms with E-state index in [1.807, 2.05) is 42.1 Å². The number of aliphatic hydroxyl groups is 1. The highest BCUT2D eigenvalue weighted by atomic mass is 32.2. The summed E-state index contributed by atoms with van der Waals surface area (Å²) in [6, 6.07) is 9.85. The molecule has 1 rings (SSSR count). The highest BCUT2D eigenvalue weighted by Gasteiger charge is 2.25. The third kappa shape index (κ3) is 3.81. The number of unbranched alkanes of at least 4 members (excludes halogenated alkanes) is 1. The van der Waals surface area contributed by atoms with Crippen LogP contribution in [-0.4, -0.2) is 23.2 Å². The molecule has 0 saturated carbocycles. The van der Waals surface area contributed by atoms with Crippen molar-refractivity contribution >= 4 is 11.8 Å². The molecule has 0 aliphatic rings. The van der Waals surface area contributed by atoms with E-state index in [0.29, 0.717) is 0 Å². The van der Waals surface area contributed by atoms with Crippen molar-refractivity contribution in [3.63, 3.8) is 0 Å². The van der Waals surface area contributed by atoms with Gasteiger partial charge in [-0.25, -0.2) is 0 Å². The van der Waals surface area contributed by atoms with Gasteiger partial charge in [-0.2, -0.15) is 11.8 Å². The molecule has 1 aromatic rings. The molecular formula is C13H21NOS. The molecule has 3 N–H and O–H groups in total. The predicted molar refractivity (Wildman–Crippen MR) is 71.6 cm³/mol. The van der Waals surface area contributed by atoms with Crippen molar-refractivity contribution in [2.24, 2.45) is 5.73 Å². The van der Waals surface area contributed by atoms with Crippen LogP contribution in [-0.2, 0) is 5.54 Å². The van der Waals surface area contributed by atoms with E-state index in [1.54, 1.807) is 0 Å². The van der Waals surface area contributed by atoms with E-state index in [0.717, 1.165) is 17.1 Å². The number of hydrogen-bond donors (Lipinski definition) is 2. The van der Waals surface area contributed by atoms with Gasteiger partial charge in [0, 0.05) is 5.75 Å². The molecule has 90 valence electrons. The van der Waals surface area contributed by atoms with E-state index in [1.165, 1.54) is 12.8 Å². The molecule has 0 aliphatic heterocycles. The van der Waals surface area contributed by atoms with Gasteiger partial charge in [0.15, 0.2) is 0 Å². The Kier molecular flexibility index (Phi) is 5.88. The van der Waals surface area contributed by atoms with Gasteiger partial charge in [-0.3, -0.25) is 0 Å². The first-order valence-corrected chi connectivity index (χ1v) is 6.91. The standard InChI is InChI=1S/C13H21NOS/c1-2-3-9-16-11-13(14,10-15)12-7-5-4-6-8-12/h4-8,15H,2-3,9-11,14H2,1H3. The zero-order valence-electron chi connectivity index (χ0n) is 9.86. The van der Waals surface area contributed by atoms with Gasteiger partial charge in [0.1, 0.15) is 0 Å². The number of thioether (sulfide) groups is 1. The Hall–Kier alpha value is -0.510. The van der Waals surface area contributed by atoms with Crippen LogP contribution in [0, 0.1) is 0 Å². The number of aliphatic hydroxyl groups excluding tert-OH is 1. The van der Waals surface area contributed by atoms with Gasteiger partial charge in [0.05, 0.1) is 12.1 Å². The minimum absolute atomic E-state index is 0.00383. The summed E-state index contributed by atoms with van der Waals surface area (Å²) in [4.78, 5) is 0. The number of hydrogen-bond acceptors (Lipinski definition) is 3. The molecule has 2 nitrogen and oxygen atoms in total. The van der Waals surface area contributed by atoms with Gasteiger partial charge in [-0.1, -0.05) is 43.7 Å². The lowest BCUT2D eigenvalue weighted by molar-refractivity contribution is 0.213. The summed E-state index contributed by atoms with van der Waals surface area (Å²) in [7, 11) is 0. The SMILES string of the molecule is CCCCSCC(N)(CO)c1ccccc1. The summed E-state index contributed by atoms with van der Waals surface area (Å²) < 4.78 is 0. The highest BCUT2D eigenvalue weighted by molar-refractivity contribution is 7.99. The molecule has 0 amide bonds. The molecule has 1 aromatic carbocycles. The van der Waals surface area contributed by atoms with E-state index in [4.69, 9.17) is 5.73 Å². The lowest BCUT2D eigenvalue weighted by Crippen LogP contribution is -2.43. The molecule has 0 aromatic heterocycles. The van der Waals surface area contributed by atoms with Gasteiger partial charge in [-0.05, 0) is 17.7 Å². The van der Waals surface area contributed by atoms with Crippen LogP contribution in [0.2, 0.25) is 0 Å². The largest absolute Gasteiger partial charge is 0.394 e. The molecule has 3 heteroatoms. The first-order valence-electron chi connectivity index (χ1n) is 5.76. The van der Waals surface area contributed by atoms with Gasteiger partial charge < -0.3 is 10.8 Å². The monoisotopic (exact) mass is 239 g/mol. The van der Waals surface area contributed by atoms with Crippen molar-refractivity contribution < 1.29 is 5.11 Å². The lowest BCUT2D eigenvalue weighted by atomic mass is 9.94. The molecule has 0 spiro atoms. The van der Waals surface area contributed by atoms with Crippen molar-refractivity contribution in [3.8, 4) is 0 Å². The fourth-order valence-corrected chi connectivity index (χ4v) is 2.75. The molecule has 1 atom stereocenters. The zero-order chi connectivity index (χ0) is 11.9. The molecule has 1 unspecified atom stereocenters. The van der Waals surface area contributed by atoms with E-state index < -0.39 is 5.54 Å². The quantitative estimate of drug-likeness (QED) is 0.718. The van der Waals surface area contributed by atoms with Gasteiger partial charge in [0.25, 0.3) is 0 Å². The molecule has 0 heterocycles. The summed E-state index contributed by atoms with van der Waals surface area (Å²) in [6.45, 7) is 2.18. The Morgan fingerprint density at radius 3 is 2.56 bits per heavy atom. The fourth-order valence-electron chi connectivity index (χ4n) is 1.49. The lowest BCUT2D eigenvalue weighted by Gasteiger charge is -2.27. The number of rotatable bonds is 7. The first-order chi connectivity index (χ1) is 7.73. The highest BCUT2D eigenvalue weighted by Crippen LogP contribution is 2.23. The van der Waals surface area contributed by atoms with E-state index in [9.17, 15) is 5.11 Å². The molecule has 0 radical (unpaired) electrons. The summed E-state index contributed by atoms with van der Waals surface area (Å²) in [5, 5.41) is 9.46. The fraction of sp³-hybridized carbons (Fsp3) is 0.538. The van der Waals surface area contributed by atoms with Crippen LogP contribution >= 0.6 is 11.8 Å². The van der Waals surface area contributed by atoms with Crippen LogP contribution in [0.15, 0.2) is 30.3 Å². The predicted octanol–water partition coefficient (Wildman–Crippen LogP) is 2.37. The minimum Gasteiger partial charge on any atom is -0.394 e.